The molecule has 10 rings (SSSR count). The predicted octanol–water partition coefficient (Wildman–Crippen LogP) is 13.6. The molecule has 0 radical (unpaired) electrons. The van der Waals surface area contributed by atoms with Gasteiger partial charge in [0.2, 0.25) is 17.3 Å². The average molecular weight is 1290 g/mol. The first-order chi connectivity index (χ1) is 43.0. The summed E-state index contributed by atoms with van der Waals surface area (Å²) in [6.07, 6.45) is 25.9. The van der Waals surface area contributed by atoms with Crippen LogP contribution < -0.4 is 15.1 Å². The number of allylic oxidation sites excluding steroid dienone is 13. The zero-order chi connectivity index (χ0) is 65.4. The second-order valence-electron chi connectivity index (χ2n) is 27.0. The van der Waals surface area contributed by atoms with Gasteiger partial charge in [0.25, 0.3) is 26.7 Å². The van der Waals surface area contributed by atoms with Crippen LogP contribution >= 0.6 is 11.8 Å². The number of para-hydroxylation sites is 2. The Morgan fingerprint density at radius 2 is 1.34 bits per heavy atom. The van der Waals surface area contributed by atoms with E-state index in [1.54, 1.807) is 23.9 Å². The van der Waals surface area contributed by atoms with Gasteiger partial charge in [-0.15, -0.1) is 11.8 Å². The lowest BCUT2D eigenvalue weighted by Crippen LogP contribution is -2.38. The second kappa shape index (κ2) is 26.4. The molecule has 0 bridgehead atoms. The third-order valence-corrected chi connectivity index (χ3v) is 22.6. The first-order valence-electron chi connectivity index (χ1n) is 31.6. The summed E-state index contributed by atoms with van der Waals surface area (Å²) >= 11 is 1.79. The Morgan fingerprint density at radius 3 is 2.03 bits per heavy atom. The van der Waals surface area contributed by atoms with Crippen LogP contribution in [0.25, 0.3) is 0 Å². The molecule has 91 heavy (non-hydrogen) atoms. The van der Waals surface area contributed by atoms with Gasteiger partial charge in [-0.05, 0) is 149 Å². The molecule has 4 heterocycles. The lowest BCUT2D eigenvalue weighted by atomic mass is 9.81. The Labute approximate surface area is 542 Å². The number of thioether (sulfide) groups is 1. The third-order valence-electron chi connectivity index (χ3n) is 19.7. The summed E-state index contributed by atoms with van der Waals surface area (Å²) < 4.78 is 78.3. The quantitative estimate of drug-likeness (QED) is 0.0221. The number of ether oxygens (including phenoxy) is 1. The normalized spacial score (nSPS) is 22.1. The van der Waals surface area contributed by atoms with E-state index in [-0.39, 0.29) is 57.3 Å². The topological polar surface area (TPSA) is 194 Å². The molecule has 2 aliphatic carbocycles. The van der Waals surface area contributed by atoms with Gasteiger partial charge in [0.05, 0.1) is 33.6 Å². The van der Waals surface area contributed by atoms with Crippen molar-refractivity contribution < 1.29 is 54.2 Å². The number of anilines is 2. The van der Waals surface area contributed by atoms with Gasteiger partial charge in [-0.3, -0.25) is 23.5 Å². The van der Waals surface area contributed by atoms with Gasteiger partial charge in [-0.2, -0.15) is 26.0 Å². The number of benzene rings is 4. The molecular weight excluding hydrogens is 1200 g/mol. The fourth-order valence-corrected chi connectivity index (χ4v) is 17.0. The number of nitrogens with one attached hydrogen (secondary N) is 1. The van der Waals surface area contributed by atoms with Crippen molar-refractivity contribution in [3.05, 3.63) is 189 Å². The van der Waals surface area contributed by atoms with E-state index in [0.717, 1.165) is 62.0 Å². The summed E-state index contributed by atoms with van der Waals surface area (Å²) in [5.41, 5.74) is 12.9. The fourth-order valence-electron chi connectivity index (χ4n) is 14.7. The molecule has 4 aliphatic heterocycles. The van der Waals surface area contributed by atoms with Crippen LogP contribution in [0.1, 0.15) is 142 Å². The predicted molar refractivity (Wildman–Crippen MR) is 364 cm³/mol. The molecule has 1 amide bonds. The zero-order valence-electron chi connectivity index (χ0n) is 54.1. The summed E-state index contributed by atoms with van der Waals surface area (Å²) in [4.78, 5) is 43.9. The van der Waals surface area contributed by atoms with Crippen LogP contribution in [0.5, 0.6) is 0 Å². The van der Waals surface area contributed by atoms with Gasteiger partial charge < -0.3 is 19.9 Å². The van der Waals surface area contributed by atoms with Crippen LogP contribution in [0.2, 0.25) is 0 Å². The first-order valence-corrected chi connectivity index (χ1v) is 35.5. The molecule has 4 aromatic rings. The van der Waals surface area contributed by atoms with Crippen LogP contribution in [-0.4, -0.2) is 110 Å². The molecule has 1 saturated carbocycles. The molecule has 1 fully saturated rings. The summed E-state index contributed by atoms with van der Waals surface area (Å²) in [5.74, 6) is 0.993. The van der Waals surface area contributed by atoms with Crippen LogP contribution in [0.4, 0.5) is 22.7 Å². The van der Waals surface area contributed by atoms with E-state index in [9.17, 15) is 40.3 Å². The van der Waals surface area contributed by atoms with Crippen molar-refractivity contribution in [3.63, 3.8) is 0 Å². The Bertz CT molecular complexity index is 4110. The van der Waals surface area contributed by atoms with E-state index < -0.39 is 31.1 Å². The molecule has 3 N–H and O–H groups in total. The van der Waals surface area contributed by atoms with Crippen molar-refractivity contribution in [3.8, 4) is 0 Å². The minimum absolute atomic E-state index is 0.0383. The van der Waals surface area contributed by atoms with Gasteiger partial charge in [0.15, 0.2) is 18.0 Å². The molecule has 6 aliphatic rings. The Hall–Kier alpha value is -7.22. The van der Waals surface area contributed by atoms with Crippen molar-refractivity contribution in [2.75, 3.05) is 49.3 Å². The number of fused-ring (bicyclic) bond motifs is 4. The number of carbonyl (C=O) groups is 3. The molecule has 0 aromatic heterocycles. The molecule has 15 nitrogen and oxygen atoms in total. The van der Waals surface area contributed by atoms with E-state index in [4.69, 9.17) is 4.74 Å². The minimum atomic E-state index is -4.51. The van der Waals surface area contributed by atoms with Gasteiger partial charge >= 0.3 is 0 Å². The van der Waals surface area contributed by atoms with Gasteiger partial charge in [-0.1, -0.05) is 94.5 Å². The summed E-state index contributed by atoms with van der Waals surface area (Å²) in [5, 5.41) is 3.36. The maximum Gasteiger partial charge on any atom is 0.294 e. The van der Waals surface area contributed by atoms with E-state index in [1.807, 2.05) is 67.6 Å². The largest absolute Gasteiger partial charge is 0.466 e. The third kappa shape index (κ3) is 13.7. The maximum absolute atomic E-state index is 14.0. The molecule has 0 atom stereocenters. The van der Waals surface area contributed by atoms with Crippen molar-refractivity contribution in [2.45, 2.75) is 157 Å². The number of rotatable bonds is 22. The highest BCUT2D eigenvalue weighted by atomic mass is 32.2. The van der Waals surface area contributed by atoms with Crippen LogP contribution in [0.15, 0.2) is 177 Å². The summed E-state index contributed by atoms with van der Waals surface area (Å²) in [7, 11) is -4.67. The highest BCUT2D eigenvalue weighted by molar-refractivity contribution is 8.03. The lowest BCUT2D eigenvalue weighted by molar-refractivity contribution is -0.436. The second-order valence-corrected chi connectivity index (χ2v) is 30.9. The van der Waals surface area contributed by atoms with Crippen LogP contribution in [0.3, 0.4) is 0 Å². The highest BCUT2D eigenvalue weighted by Gasteiger charge is 2.47. The number of carbonyl (C=O) groups excluding carboxylic acids is 3. The SMILES string of the molecule is CN1/C(=C/C=C2\CCCC(/C=C/C3=[N+](C)c4ccccc4C3(C)C)=C2SCCC(=O)NC2CCC(CC(=O)CC[N+]3=C(/C=C/C=C/C=C4/N(CCOC=O)c5ccc(S(=O)(=O)O)cc5C4(C)C)C(C)(C)c4cc(S(=O)(=O)O)ccc43)CC2)C(C)(C)c2ccccc21. The van der Waals surface area contributed by atoms with Gasteiger partial charge in [0, 0.05) is 106 Å². The van der Waals surface area contributed by atoms with E-state index in [0.29, 0.717) is 55.0 Å². The van der Waals surface area contributed by atoms with Crippen molar-refractivity contribution in [2.24, 2.45) is 5.92 Å². The molecular formula is C73H87N5O10S3+2. The van der Waals surface area contributed by atoms with Crippen molar-refractivity contribution >= 4 is 84.3 Å². The number of hydrogen-bond donors (Lipinski definition) is 3. The first kappa shape index (κ1) is 66.7. The molecule has 0 saturated heterocycles. The van der Waals surface area contributed by atoms with Gasteiger partial charge in [-0.25, -0.2) is 0 Å². The number of nitrogens with zero attached hydrogens (tertiary/aromatic N) is 4. The highest BCUT2D eigenvalue weighted by Crippen LogP contribution is 2.50. The monoisotopic (exact) mass is 1290 g/mol. The van der Waals surface area contributed by atoms with E-state index >= 15 is 0 Å². The van der Waals surface area contributed by atoms with E-state index in [2.05, 4.69) is 129 Å². The Morgan fingerprint density at radius 1 is 0.681 bits per heavy atom. The molecule has 18 heteroatoms. The van der Waals surface area contributed by atoms with Crippen molar-refractivity contribution in [1.82, 2.24) is 5.32 Å². The number of amides is 1. The number of hydrogen-bond acceptors (Lipinski definition) is 11. The standard InChI is InChI=1S/C73H85N5O10S3/c1-70(2)56-21-14-16-23-60(56)75(9)64(70)37-29-50-19-18-20-51(30-38-65-71(3,4)57-22-15-17-24-61(57)76(65)10)69(50)89-44-40-68(81)74-52-31-27-49(28-32-52)45-53(80)39-41-77-62-35-33-54(90(82,83)84)46-58(62)72(5,6)66(77)25-12-11-13-26-67-73(7,8)59-47-55(91(85,86)87)34-36-63(59)78(67)42-43-88-48-79/h11-17,21-26,29-30,33-38,46-49,52H,18-20,27-28,31-32,39-45H2,1-10H3,(H-2,74,81,82,83,84,85,86,87)/p+2. The van der Waals surface area contributed by atoms with Gasteiger partial charge in [0.1, 0.15) is 19.4 Å². The Balaban J connectivity index is 0.783. The minimum Gasteiger partial charge on any atom is -0.466 e. The lowest BCUT2D eigenvalue weighted by Gasteiger charge is -2.29. The molecule has 0 spiro atoms. The van der Waals surface area contributed by atoms with Crippen LogP contribution in [0, 0.1) is 5.92 Å². The number of ketones is 1. The summed E-state index contributed by atoms with van der Waals surface area (Å²) in [6.45, 7) is 18.1. The molecule has 4 aromatic carbocycles. The Kier molecular flexibility index (Phi) is 19.4. The van der Waals surface area contributed by atoms with Crippen molar-refractivity contribution in [1.29, 1.82) is 0 Å². The maximum atomic E-state index is 14.0. The average Bonchev–Trinajstić information content (AvgIpc) is 1.62. The van der Waals surface area contributed by atoms with E-state index in [1.165, 1.54) is 74.2 Å². The number of likely N-dealkylation sites (N-methyl/N-ethyl adjacent to an activating group) is 1. The fraction of sp³-hybridized carbons (Fsp3) is 0.411. The molecule has 0 unspecified atom stereocenters. The molecule has 480 valence electrons. The smallest absolute Gasteiger partial charge is 0.294 e. The zero-order valence-corrected chi connectivity index (χ0v) is 56.5. The number of Topliss-reactive ketones (excluding diaryl/α,β-unsaturated/α-hetero) is 1. The summed E-state index contributed by atoms with van der Waals surface area (Å²) in [6, 6.07) is 26.3. The van der Waals surface area contributed by atoms with Crippen LogP contribution in [-0.2, 0) is 61.0 Å².